The minimum absolute atomic E-state index is 0.252. The van der Waals surface area contributed by atoms with Crippen LogP contribution in [0.4, 0.5) is 11.5 Å². The van der Waals surface area contributed by atoms with E-state index in [1.165, 1.54) is 11.3 Å². The Hall–Kier alpha value is -2.47. The van der Waals surface area contributed by atoms with Crippen molar-refractivity contribution >= 4 is 39.0 Å². The van der Waals surface area contributed by atoms with Crippen molar-refractivity contribution in [1.29, 1.82) is 0 Å². The number of fused-ring (bicyclic) bond motifs is 1. The molecule has 0 aromatic carbocycles. The Balaban J connectivity index is 2.05. The van der Waals surface area contributed by atoms with Crippen molar-refractivity contribution in [2.24, 2.45) is 0 Å². The number of thiophene rings is 1. The average molecular weight is 326 g/mol. The lowest BCUT2D eigenvalue weighted by Gasteiger charge is -2.06. The summed E-state index contributed by atoms with van der Waals surface area (Å²) < 4.78 is 0. The van der Waals surface area contributed by atoms with Crippen molar-refractivity contribution in [2.75, 3.05) is 11.1 Å². The number of aryl methyl sites for hydroxylation is 3. The van der Waals surface area contributed by atoms with E-state index in [4.69, 9.17) is 5.73 Å². The minimum Gasteiger partial charge on any atom is -0.397 e. The number of pyridine rings is 2. The molecular weight excluding hydrogens is 308 g/mol. The predicted octanol–water partition coefficient (Wildman–Crippen LogP) is 3.76. The number of nitrogen functional groups attached to an aromatic ring is 1. The Bertz CT molecular complexity index is 930. The average Bonchev–Trinajstić information content (AvgIpc) is 2.82. The van der Waals surface area contributed by atoms with E-state index in [9.17, 15) is 4.79 Å². The summed E-state index contributed by atoms with van der Waals surface area (Å²) in [6, 6.07) is 3.70. The molecule has 23 heavy (non-hydrogen) atoms. The number of hydrogen-bond donors (Lipinski definition) is 2. The zero-order chi connectivity index (χ0) is 16.7. The lowest BCUT2D eigenvalue weighted by atomic mass is 10.1. The molecule has 0 radical (unpaired) electrons. The molecule has 0 saturated carbocycles. The second-order valence-electron chi connectivity index (χ2n) is 5.64. The molecule has 3 aromatic heterocycles. The van der Waals surface area contributed by atoms with Gasteiger partial charge in [-0.15, -0.1) is 11.3 Å². The van der Waals surface area contributed by atoms with Crippen molar-refractivity contribution in [3.63, 3.8) is 0 Å². The Morgan fingerprint density at radius 3 is 2.65 bits per heavy atom. The van der Waals surface area contributed by atoms with E-state index < -0.39 is 0 Å². The fraction of sp³-hybridized carbons (Fsp3) is 0.235. The van der Waals surface area contributed by atoms with Gasteiger partial charge < -0.3 is 11.1 Å². The molecule has 0 aliphatic carbocycles. The molecule has 0 fully saturated rings. The number of rotatable bonds is 2. The zero-order valence-corrected chi connectivity index (χ0v) is 14.3. The van der Waals surface area contributed by atoms with E-state index in [0.29, 0.717) is 16.4 Å². The van der Waals surface area contributed by atoms with Crippen LogP contribution in [-0.2, 0) is 0 Å². The van der Waals surface area contributed by atoms with Crippen LogP contribution in [0.3, 0.4) is 0 Å². The summed E-state index contributed by atoms with van der Waals surface area (Å²) in [6.07, 6.45) is 1.66. The van der Waals surface area contributed by atoms with Gasteiger partial charge in [-0.05, 0) is 56.5 Å². The molecule has 3 rings (SSSR count). The van der Waals surface area contributed by atoms with Gasteiger partial charge in [0, 0.05) is 17.3 Å². The van der Waals surface area contributed by atoms with Gasteiger partial charge in [0.25, 0.3) is 5.91 Å². The standard InChI is InChI=1S/C17H18N4OS/c1-8-5-6-19-12(7-8)21-16(22)15-14(18)13-10(3)9(2)11(4)20-17(13)23-15/h5-7H,18H2,1-4H3,(H,19,21,22). The molecule has 6 heteroatoms. The highest BCUT2D eigenvalue weighted by molar-refractivity contribution is 7.21. The summed E-state index contributed by atoms with van der Waals surface area (Å²) in [7, 11) is 0. The number of hydrogen-bond acceptors (Lipinski definition) is 5. The smallest absolute Gasteiger partial charge is 0.269 e. The third-order valence-corrected chi connectivity index (χ3v) is 5.14. The normalized spacial score (nSPS) is 11.0. The van der Waals surface area contributed by atoms with Gasteiger partial charge in [-0.3, -0.25) is 4.79 Å². The van der Waals surface area contributed by atoms with Gasteiger partial charge in [0.05, 0.1) is 5.69 Å². The maximum atomic E-state index is 12.5. The number of carbonyl (C=O) groups is 1. The molecule has 0 unspecified atom stereocenters. The molecule has 118 valence electrons. The van der Waals surface area contributed by atoms with Crippen LogP contribution in [-0.4, -0.2) is 15.9 Å². The third kappa shape index (κ3) is 2.66. The highest BCUT2D eigenvalue weighted by atomic mass is 32.1. The van der Waals surface area contributed by atoms with E-state index in [-0.39, 0.29) is 5.91 Å². The van der Waals surface area contributed by atoms with Gasteiger partial charge in [-0.25, -0.2) is 9.97 Å². The second kappa shape index (κ2) is 5.62. The maximum absolute atomic E-state index is 12.5. The first-order valence-electron chi connectivity index (χ1n) is 7.28. The number of nitrogens with one attached hydrogen (secondary N) is 1. The largest absolute Gasteiger partial charge is 0.397 e. The molecule has 0 bridgehead atoms. The molecule has 0 aliphatic rings. The fourth-order valence-corrected chi connectivity index (χ4v) is 3.61. The number of anilines is 2. The molecule has 3 N–H and O–H groups in total. The summed E-state index contributed by atoms with van der Waals surface area (Å²) in [5, 5.41) is 3.68. The number of amides is 1. The van der Waals surface area contributed by atoms with Crippen LogP contribution in [0, 0.1) is 27.7 Å². The van der Waals surface area contributed by atoms with E-state index in [2.05, 4.69) is 15.3 Å². The Kier molecular flexibility index (Phi) is 3.77. The van der Waals surface area contributed by atoms with E-state index in [0.717, 1.165) is 32.6 Å². The first-order valence-corrected chi connectivity index (χ1v) is 8.10. The van der Waals surface area contributed by atoms with Crippen LogP contribution >= 0.6 is 11.3 Å². The van der Waals surface area contributed by atoms with Crippen molar-refractivity contribution in [1.82, 2.24) is 9.97 Å². The van der Waals surface area contributed by atoms with Gasteiger partial charge in [0.15, 0.2) is 0 Å². The summed E-state index contributed by atoms with van der Waals surface area (Å²) >= 11 is 1.32. The third-order valence-electron chi connectivity index (χ3n) is 4.04. The highest BCUT2D eigenvalue weighted by Gasteiger charge is 2.20. The topological polar surface area (TPSA) is 80.9 Å². The van der Waals surface area contributed by atoms with E-state index in [1.807, 2.05) is 39.8 Å². The molecule has 3 aromatic rings. The quantitative estimate of drug-likeness (QED) is 0.751. The highest BCUT2D eigenvalue weighted by Crippen LogP contribution is 2.36. The van der Waals surface area contributed by atoms with Gasteiger partial charge in [-0.1, -0.05) is 0 Å². The van der Waals surface area contributed by atoms with Crippen LogP contribution < -0.4 is 11.1 Å². The van der Waals surface area contributed by atoms with Crippen molar-refractivity contribution in [3.05, 3.63) is 45.6 Å². The maximum Gasteiger partial charge on any atom is 0.269 e. The fourth-order valence-electron chi connectivity index (χ4n) is 2.51. The first kappa shape index (κ1) is 15.4. The molecule has 0 atom stereocenters. The minimum atomic E-state index is -0.252. The molecule has 3 heterocycles. The summed E-state index contributed by atoms with van der Waals surface area (Å²) in [5.74, 6) is 0.266. The number of carbonyl (C=O) groups excluding carboxylic acids is 1. The Labute approximate surface area is 138 Å². The van der Waals surface area contributed by atoms with Crippen molar-refractivity contribution in [2.45, 2.75) is 27.7 Å². The van der Waals surface area contributed by atoms with Gasteiger partial charge >= 0.3 is 0 Å². The first-order chi connectivity index (χ1) is 10.9. The lowest BCUT2D eigenvalue weighted by Crippen LogP contribution is -2.13. The predicted molar refractivity (Wildman–Crippen MR) is 95.2 cm³/mol. The van der Waals surface area contributed by atoms with Crippen LogP contribution in [0.2, 0.25) is 0 Å². The SMILES string of the molecule is Cc1ccnc(NC(=O)c2sc3nc(C)c(C)c(C)c3c2N)c1. The van der Waals surface area contributed by atoms with Crippen molar-refractivity contribution in [3.8, 4) is 0 Å². The molecular formula is C17H18N4OS. The Morgan fingerprint density at radius 2 is 1.96 bits per heavy atom. The summed E-state index contributed by atoms with van der Waals surface area (Å²) in [4.78, 5) is 22.5. The van der Waals surface area contributed by atoms with Gasteiger partial charge in [0.2, 0.25) is 0 Å². The van der Waals surface area contributed by atoms with E-state index in [1.54, 1.807) is 6.20 Å². The summed E-state index contributed by atoms with van der Waals surface area (Å²) in [6.45, 7) is 7.95. The van der Waals surface area contributed by atoms with Crippen LogP contribution in [0.15, 0.2) is 18.3 Å². The summed E-state index contributed by atoms with van der Waals surface area (Å²) in [5.41, 5.74) is 10.9. The molecule has 1 amide bonds. The number of aromatic nitrogens is 2. The van der Waals surface area contributed by atoms with Crippen molar-refractivity contribution < 1.29 is 4.79 Å². The molecule has 5 nitrogen and oxygen atoms in total. The van der Waals surface area contributed by atoms with Gasteiger partial charge in [-0.2, -0.15) is 0 Å². The monoisotopic (exact) mass is 326 g/mol. The van der Waals surface area contributed by atoms with E-state index >= 15 is 0 Å². The van der Waals surface area contributed by atoms with Gasteiger partial charge in [0.1, 0.15) is 15.5 Å². The number of nitrogens with two attached hydrogens (primary N) is 1. The zero-order valence-electron chi connectivity index (χ0n) is 13.5. The Morgan fingerprint density at radius 1 is 1.22 bits per heavy atom. The van der Waals surface area contributed by atoms with Crippen LogP contribution in [0.25, 0.3) is 10.2 Å². The molecule has 0 saturated heterocycles. The molecule has 0 spiro atoms. The van der Waals surface area contributed by atoms with Crippen LogP contribution in [0.1, 0.15) is 32.1 Å². The number of nitrogens with zero attached hydrogens (tertiary/aromatic N) is 2. The van der Waals surface area contributed by atoms with Crippen LogP contribution in [0.5, 0.6) is 0 Å². The second-order valence-corrected chi connectivity index (χ2v) is 6.64. The molecule has 0 aliphatic heterocycles. The lowest BCUT2D eigenvalue weighted by molar-refractivity contribution is 0.103.